The predicted molar refractivity (Wildman–Crippen MR) is 76.6 cm³/mol. The fraction of sp³-hybridized carbons (Fsp3) is 0.933. The number of nitrogens with zero attached hydrogens (tertiary/aromatic N) is 1. The Kier molecular flexibility index (Phi) is 6.13. The first-order valence-electron chi connectivity index (χ1n) is 7.54. The molecule has 1 aliphatic rings. The van der Waals surface area contributed by atoms with Crippen molar-refractivity contribution in [3.63, 3.8) is 0 Å². The molecule has 0 bridgehead atoms. The lowest BCUT2D eigenvalue weighted by Gasteiger charge is -2.26. The van der Waals surface area contributed by atoms with Gasteiger partial charge in [-0.05, 0) is 37.6 Å². The summed E-state index contributed by atoms with van der Waals surface area (Å²) in [5, 5.41) is 3.36. The first-order chi connectivity index (χ1) is 8.53. The third kappa shape index (κ3) is 4.27. The average molecular weight is 254 g/mol. The molecule has 1 amide bonds. The second-order valence-electron chi connectivity index (χ2n) is 5.98. The van der Waals surface area contributed by atoms with E-state index in [1.54, 1.807) is 0 Å². The van der Waals surface area contributed by atoms with E-state index < -0.39 is 0 Å². The van der Waals surface area contributed by atoms with E-state index in [4.69, 9.17) is 0 Å². The lowest BCUT2D eigenvalue weighted by molar-refractivity contribution is -0.130. The van der Waals surface area contributed by atoms with E-state index in [1.807, 2.05) is 0 Å². The first-order valence-corrected chi connectivity index (χ1v) is 7.54. The molecule has 1 aliphatic heterocycles. The third-order valence-corrected chi connectivity index (χ3v) is 4.41. The summed E-state index contributed by atoms with van der Waals surface area (Å²) in [6.45, 7) is 11.7. The minimum absolute atomic E-state index is 0.351. The number of hydrogen-bond donors (Lipinski definition) is 1. The smallest absolute Gasteiger partial charge is 0.222 e. The van der Waals surface area contributed by atoms with Gasteiger partial charge in [0.1, 0.15) is 0 Å². The van der Waals surface area contributed by atoms with Gasteiger partial charge in [-0.3, -0.25) is 4.79 Å². The van der Waals surface area contributed by atoms with Crippen LogP contribution in [0.15, 0.2) is 0 Å². The number of likely N-dealkylation sites (tertiary alicyclic amines) is 1. The second-order valence-corrected chi connectivity index (χ2v) is 5.98. The Morgan fingerprint density at radius 2 is 2.00 bits per heavy atom. The molecular formula is C15H30N2O. The highest BCUT2D eigenvalue weighted by Gasteiger charge is 2.36. The quantitative estimate of drug-likeness (QED) is 0.709. The molecular weight excluding hydrogens is 224 g/mol. The Labute approximate surface area is 112 Å². The molecule has 0 atom stereocenters. The summed E-state index contributed by atoms with van der Waals surface area (Å²) >= 11 is 0. The molecule has 0 aliphatic carbocycles. The highest BCUT2D eigenvalue weighted by molar-refractivity contribution is 5.76. The van der Waals surface area contributed by atoms with Crippen LogP contribution in [0.3, 0.4) is 0 Å². The van der Waals surface area contributed by atoms with Crippen molar-refractivity contribution in [2.24, 2.45) is 5.41 Å². The fourth-order valence-electron chi connectivity index (χ4n) is 2.76. The summed E-state index contributed by atoms with van der Waals surface area (Å²) in [6.07, 6.45) is 5.24. The van der Waals surface area contributed by atoms with E-state index in [2.05, 4.69) is 37.9 Å². The maximum Gasteiger partial charge on any atom is 0.222 e. The van der Waals surface area contributed by atoms with E-state index in [0.29, 0.717) is 23.8 Å². The standard InChI is InChI=1S/C15H30N2O/c1-5-15(6-2)9-11-17(12-15)14(18)8-7-10-16-13(3)4/h13,16H,5-12H2,1-4H3. The molecule has 0 aromatic rings. The Morgan fingerprint density at radius 3 is 2.50 bits per heavy atom. The van der Waals surface area contributed by atoms with Crippen molar-refractivity contribution in [2.45, 2.75) is 65.8 Å². The SMILES string of the molecule is CCC1(CC)CCN(C(=O)CCCNC(C)C)C1. The molecule has 1 heterocycles. The first kappa shape index (κ1) is 15.5. The van der Waals surface area contributed by atoms with Gasteiger partial charge in [0, 0.05) is 25.6 Å². The summed E-state index contributed by atoms with van der Waals surface area (Å²) in [6, 6.07) is 0.514. The van der Waals surface area contributed by atoms with Crippen molar-refractivity contribution in [1.82, 2.24) is 10.2 Å². The van der Waals surface area contributed by atoms with Gasteiger partial charge in [0.2, 0.25) is 5.91 Å². The van der Waals surface area contributed by atoms with Crippen LogP contribution in [0.25, 0.3) is 0 Å². The van der Waals surface area contributed by atoms with Crippen LogP contribution in [-0.4, -0.2) is 36.5 Å². The molecule has 3 heteroatoms. The highest BCUT2D eigenvalue weighted by Crippen LogP contribution is 2.37. The van der Waals surface area contributed by atoms with Crippen LogP contribution >= 0.6 is 0 Å². The predicted octanol–water partition coefficient (Wildman–Crippen LogP) is 2.80. The monoisotopic (exact) mass is 254 g/mol. The molecule has 18 heavy (non-hydrogen) atoms. The van der Waals surface area contributed by atoms with E-state index in [0.717, 1.165) is 26.1 Å². The van der Waals surface area contributed by atoms with Gasteiger partial charge in [0.25, 0.3) is 0 Å². The Hall–Kier alpha value is -0.570. The van der Waals surface area contributed by atoms with Gasteiger partial charge in [-0.2, -0.15) is 0 Å². The normalized spacial score (nSPS) is 18.6. The molecule has 1 saturated heterocycles. The number of rotatable bonds is 7. The second kappa shape index (κ2) is 7.13. The molecule has 0 aromatic carbocycles. The van der Waals surface area contributed by atoms with Crippen LogP contribution in [0.1, 0.15) is 59.8 Å². The summed E-state index contributed by atoms with van der Waals surface area (Å²) in [4.78, 5) is 14.2. The number of hydrogen-bond acceptors (Lipinski definition) is 2. The van der Waals surface area contributed by atoms with Crippen LogP contribution in [0, 0.1) is 5.41 Å². The molecule has 1 fully saturated rings. The molecule has 106 valence electrons. The van der Waals surface area contributed by atoms with Crippen molar-refractivity contribution in [1.29, 1.82) is 0 Å². The molecule has 3 nitrogen and oxygen atoms in total. The van der Waals surface area contributed by atoms with E-state index in [-0.39, 0.29) is 0 Å². The molecule has 0 saturated carbocycles. The van der Waals surface area contributed by atoms with Gasteiger partial charge in [0.05, 0.1) is 0 Å². The minimum atomic E-state index is 0.351. The third-order valence-electron chi connectivity index (χ3n) is 4.41. The van der Waals surface area contributed by atoms with Crippen LogP contribution in [-0.2, 0) is 4.79 Å². The van der Waals surface area contributed by atoms with Crippen molar-refractivity contribution in [2.75, 3.05) is 19.6 Å². The van der Waals surface area contributed by atoms with Crippen molar-refractivity contribution in [3.8, 4) is 0 Å². The zero-order chi connectivity index (χ0) is 13.6. The van der Waals surface area contributed by atoms with Crippen molar-refractivity contribution in [3.05, 3.63) is 0 Å². The van der Waals surface area contributed by atoms with E-state index in [9.17, 15) is 4.79 Å². The number of carbonyl (C=O) groups excluding carboxylic acids is 1. The highest BCUT2D eigenvalue weighted by atomic mass is 16.2. The van der Waals surface area contributed by atoms with Gasteiger partial charge in [0.15, 0.2) is 0 Å². The summed E-state index contributed by atoms with van der Waals surface area (Å²) in [7, 11) is 0. The lowest BCUT2D eigenvalue weighted by Crippen LogP contribution is -2.32. The molecule has 1 rings (SSSR count). The van der Waals surface area contributed by atoms with Crippen molar-refractivity contribution >= 4 is 5.91 Å². The molecule has 1 N–H and O–H groups in total. The molecule has 0 spiro atoms. The summed E-state index contributed by atoms with van der Waals surface area (Å²) < 4.78 is 0. The molecule has 0 aromatic heterocycles. The lowest BCUT2D eigenvalue weighted by atomic mass is 9.82. The topological polar surface area (TPSA) is 32.3 Å². The van der Waals surface area contributed by atoms with Crippen LogP contribution < -0.4 is 5.32 Å². The van der Waals surface area contributed by atoms with Crippen LogP contribution in [0.5, 0.6) is 0 Å². The summed E-state index contributed by atoms with van der Waals surface area (Å²) in [5.41, 5.74) is 0.409. The number of amides is 1. The zero-order valence-electron chi connectivity index (χ0n) is 12.6. The maximum absolute atomic E-state index is 12.1. The van der Waals surface area contributed by atoms with Gasteiger partial charge >= 0.3 is 0 Å². The van der Waals surface area contributed by atoms with E-state index >= 15 is 0 Å². The Balaban J connectivity index is 2.27. The maximum atomic E-state index is 12.1. The van der Waals surface area contributed by atoms with Gasteiger partial charge in [-0.25, -0.2) is 0 Å². The van der Waals surface area contributed by atoms with Gasteiger partial charge in [-0.1, -0.05) is 27.7 Å². The fourth-order valence-corrected chi connectivity index (χ4v) is 2.76. The Morgan fingerprint density at radius 1 is 1.33 bits per heavy atom. The minimum Gasteiger partial charge on any atom is -0.342 e. The summed E-state index contributed by atoms with van der Waals surface area (Å²) in [5.74, 6) is 0.351. The van der Waals surface area contributed by atoms with E-state index in [1.165, 1.54) is 19.3 Å². The molecule has 0 unspecified atom stereocenters. The average Bonchev–Trinajstić information content (AvgIpc) is 2.79. The van der Waals surface area contributed by atoms with Crippen LogP contribution in [0.2, 0.25) is 0 Å². The van der Waals surface area contributed by atoms with Crippen LogP contribution in [0.4, 0.5) is 0 Å². The molecule has 0 radical (unpaired) electrons. The van der Waals surface area contributed by atoms with Gasteiger partial charge in [-0.15, -0.1) is 0 Å². The zero-order valence-corrected chi connectivity index (χ0v) is 12.6. The largest absolute Gasteiger partial charge is 0.342 e. The number of carbonyl (C=O) groups is 1. The van der Waals surface area contributed by atoms with Gasteiger partial charge < -0.3 is 10.2 Å². The Bertz CT molecular complexity index is 259. The van der Waals surface area contributed by atoms with Crippen molar-refractivity contribution < 1.29 is 4.79 Å². The number of nitrogens with one attached hydrogen (secondary N) is 1.